The number of rotatable bonds is 1. The van der Waals surface area contributed by atoms with E-state index in [1.54, 1.807) is 0 Å². The van der Waals surface area contributed by atoms with Crippen LogP contribution in [0.25, 0.3) is 53.9 Å². The highest BCUT2D eigenvalue weighted by molar-refractivity contribution is 6.44. The first-order chi connectivity index (χ1) is 12.8. The largest absolute Gasteiger partial charge is 0.284 e. The summed E-state index contributed by atoms with van der Waals surface area (Å²) in [6.45, 7) is 2.59. The van der Waals surface area contributed by atoms with Crippen LogP contribution in [0.2, 0.25) is 0 Å². The molecule has 0 spiro atoms. The Balaban J connectivity index is 1.81. The van der Waals surface area contributed by atoms with Crippen molar-refractivity contribution < 1.29 is 0 Å². The zero-order chi connectivity index (χ0) is 17.0. The minimum atomic E-state index is 0.704. The summed E-state index contributed by atoms with van der Waals surface area (Å²) in [7, 11) is 0. The molecule has 1 heterocycles. The van der Waals surface area contributed by atoms with Crippen LogP contribution < -0.4 is 0 Å². The molecule has 0 aromatic heterocycles. The Bertz CT molecular complexity index is 1410. The highest BCUT2D eigenvalue weighted by atomic mass is 15.1. The molecular weight excluding hydrogens is 314 g/mol. The van der Waals surface area contributed by atoms with Crippen molar-refractivity contribution in [2.75, 3.05) is 6.54 Å². The third kappa shape index (κ3) is 1.33. The van der Waals surface area contributed by atoms with E-state index in [1.807, 2.05) is 0 Å². The molecule has 7 rings (SSSR count). The molecule has 1 aliphatic heterocycles. The second-order valence-electron chi connectivity index (χ2n) is 7.76. The van der Waals surface area contributed by atoms with Crippen LogP contribution in [-0.2, 0) is 13.1 Å². The van der Waals surface area contributed by atoms with Crippen molar-refractivity contribution in [3.05, 3.63) is 59.7 Å². The molecule has 1 heteroatoms. The molecule has 0 saturated heterocycles. The zero-order valence-electron chi connectivity index (χ0n) is 14.3. The van der Waals surface area contributed by atoms with E-state index < -0.39 is 0 Å². The van der Waals surface area contributed by atoms with E-state index in [2.05, 4.69) is 59.4 Å². The summed E-state index contributed by atoms with van der Waals surface area (Å²) < 4.78 is 0. The minimum Gasteiger partial charge on any atom is -0.284 e. The molecule has 0 amide bonds. The van der Waals surface area contributed by atoms with Crippen molar-refractivity contribution in [3.63, 3.8) is 0 Å². The quantitative estimate of drug-likeness (QED) is 0.276. The second kappa shape index (κ2) is 4.18. The molecule has 1 nitrogen and oxygen atoms in total. The number of nitrogens with zero attached hydrogens (tertiary/aromatic N) is 1. The van der Waals surface area contributed by atoms with Gasteiger partial charge in [-0.15, -0.1) is 6.42 Å². The molecule has 0 unspecified atom stereocenters. The number of hydrogen-bond acceptors (Lipinski definition) is 1. The molecule has 0 atom stereocenters. The molecular formula is C25H15N. The molecule has 0 aliphatic carbocycles. The van der Waals surface area contributed by atoms with Gasteiger partial charge in [-0.2, -0.15) is 0 Å². The highest BCUT2D eigenvalue weighted by Crippen LogP contribution is 2.50. The topological polar surface area (TPSA) is 3.24 Å². The van der Waals surface area contributed by atoms with Crippen LogP contribution in [-0.4, -0.2) is 11.4 Å². The van der Waals surface area contributed by atoms with Gasteiger partial charge in [0.15, 0.2) is 0 Å². The van der Waals surface area contributed by atoms with Gasteiger partial charge in [0.05, 0.1) is 6.54 Å². The number of benzene rings is 5. The molecule has 6 aromatic carbocycles. The van der Waals surface area contributed by atoms with E-state index in [9.17, 15) is 0 Å². The maximum Gasteiger partial charge on any atom is 0.0605 e. The Labute approximate surface area is 150 Å². The third-order valence-electron chi connectivity index (χ3n) is 6.39. The lowest BCUT2D eigenvalue weighted by Gasteiger charge is -2.28. The second-order valence-corrected chi connectivity index (χ2v) is 7.76. The van der Waals surface area contributed by atoms with E-state index in [4.69, 9.17) is 6.42 Å². The molecule has 0 radical (unpaired) electrons. The first kappa shape index (κ1) is 13.2. The molecule has 1 aliphatic rings. The average molecular weight is 329 g/mol. The summed E-state index contributed by atoms with van der Waals surface area (Å²) in [5.41, 5.74) is 2.85. The van der Waals surface area contributed by atoms with Crippen LogP contribution in [0.1, 0.15) is 11.1 Å². The van der Waals surface area contributed by atoms with Gasteiger partial charge in [0.1, 0.15) is 0 Å². The highest BCUT2D eigenvalue weighted by Gasteiger charge is 2.26. The fourth-order valence-electron chi connectivity index (χ4n) is 5.50. The minimum absolute atomic E-state index is 0.704. The molecule has 120 valence electrons. The Morgan fingerprint density at radius 1 is 0.654 bits per heavy atom. The molecule has 0 saturated carbocycles. The lowest BCUT2D eigenvalue weighted by atomic mass is 9.89. The van der Waals surface area contributed by atoms with E-state index in [0.717, 1.165) is 13.1 Å². The van der Waals surface area contributed by atoms with Crippen molar-refractivity contribution in [1.82, 2.24) is 4.90 Å². The molecule has 0 N–H and O–H groups in total. The summed E-state index contributed by atoms with van der Waals surface area (Å²) in [4.78, 5) is 2.37. The maximum absolute atomic E-state index is 5.61. The van der Waals surface area contributed by atoms with E-state index in [-0.39, 0.29) is 0 Å². The lowest BCUT2D eigenvalue weighted by Crippen LogP contribution is -2.26. The fourth-order valence-corrected chi connectivity index (χ4v) is 5.50. The monoisotopic (exact) mass is 329 g/mol. The summed E-state index contributed by atoms with van der Waals surface area (Å²) in [5, 5.41) is 14.2. The van der Waals surface area contributed by atoms with Gasteiger partial charge in [-0.3, -0.25) is 4.90 Å². The first-order valence-corrected chi connectivity index (χ1v) is 9.18. The van der Waals surface area contributed by atoms with Crippen molar-refractivity contribution in [1.29, 1.82) is 0 Å². The Kier molecular flexibility index (Phi) is 2.12. The van der Waals surface area contributed by atoms with Gasteiger partial charge < -0.3 is 0 Å². The van der Waals surface area contributed by atoms with Crippen LogP contribution in [0.3, 0.4) is 0 Å². The van der Waals surface area contributed by atoms with Crippen LogP contribution in [0, 0.1) is 12.3 Å². The third-order valence-corrected chi connectivity index (χ3v) is 6.39. The van der Waals surface area contributed by atoms with Gasteiger partial charge in [-0.05, 0) is 77.1 Å². The summed E-state index contributed by atoms with van der Waals surface area (Å²) >= 11 is 0. The first-order valence-electron chi connectivity index (χ1n) is 9.18. The predicted molar refractivity (Wildman–Crippen MR) is 110 cm³/mol. The van der Waals surface area contributed by atoms with E-state index in [0.29, 0.717) is 6.54 Å². The zero-order valence-corrected chi connectivity index (χ0v) is 14.3. The SMILES string of the molecule is C#CCN1Cc2cc3ccc4ccc5ccc6cc(c2c2c3c4c5c62)C1. The summed E-state index contributed by atoms with van der Waals surface area (Å²) in [6.07, 6.45) is 5.61. The molecule has 26 heavy (non-hydrogen) atoms. The van der Waals surface area contributed by atoms with Gasteiger partial charge in [0.2, 0.25) is 0 Å². The maximum atomic E-state index is 5.61. The van der Waals surface area contributed by atoms with Gasteiger partial charge in [-0.25, -0.2) is 0 Å². The van der Waals surface area contributed by atoms with E-state index in [1.165, 1.54) is 65.0 Å². The number of terminal acetylenes is 1. The molecule has 6 aromatic rings. The van der Waals surface area contributed by atoms with Crippen LogP contribution in [0.15, 0.2) is 48.5 Å². The lowest BCUT2D eigenvalue weighted by molar-refractivity contribution is 0.286. The van der Waals surface area contributed by atoms with Gasteiger partial charge in [0.25, 0.3) is 0 Å². The van der Waals surface area contributed by atoms with Gasteiger partial charge in [-0.1, -0.05) is 42.3 Å². The van der Waals surface area contributed by atoms with Crippen LogP contribution in [0.5, 0.6) is 0 Å². The van der Waals surface area contributed by atoms with Crippen molar-refractivity contribution >= 4 is 53.9 Å². The van der Waals surface area contributed by atoms with E-state index >= 15 is 0 Å². The molecule has 0 fully saturated rings. The van der Waals surface area contributed by atoms with Crippen molar-refractivity contribution in [2.45, 2.75) is 13.1 Å². The summed E-state index contributed by atoms with van der Waals surface area (Å²) in [6, 6.07) is 18.5. The molecule has 0 bridgehead atoms. The van der Waals surface area contributed by atoms with Crippen LogP contribution >= 0.6 is 0 Å². The Morgan fingerprint density at radius 2 is 1.12 bits per heavy atom. The van der Waals surface area contributed by atoms with Crippen molar-refractivity contribution in [3.8, 4) is 12.3 Å². The summed E-state index contributed by atoms with van der Waals surface area (Å²) in [5.74, 6) is 2.82. The van der Waals surface area contributed by atoms with Crippen LogP contribution in [0.4, 0.5) is 0 Å². The van der Waals surface area contributed by atoms with Gasteiger partial charge in [0, 0.05) is 13.1 Å². The standard InChI is InChI=1S/C25H15N/c1-2-9-26-12-18-10-16-7-5-14-3-4-15-6-8-17-11-19(13-26)20(18)25-23(16)21(14)22(15)24(17)25/h1,3-8,10-11H,9,12-13H2. The van der Waals surface area contributed by atoms with Crippen molar-refractivity contribution in [2.24, 2.45) is 0 Å². The Hall–Kier alpha value is -3.08. The Morgan fingerprint density at radius 3 is 1.62 bits per heavy atom. The smallest absolute Gasteiger partial charge is 0.0605 e. The number of hydrogen-bond donors (Lipinski definition) is 0. The van der Waals surface area contributed by atoms with Gasteiger partial charge >= 0.3 is 0 Å². The normalized spacial score (nSPS) is 15.3. The average Bonchev–Trinajstić information content (AvgIpc) is 3.02. The predicted octanol–water partition coefficient (Wildman–Crippen LogP) is 5.71. The fraction of sp³-hybridized carbons (Fsp3) is 0.120.